The van der Waals surface area contributed by atoms with Crippen LogP contribution in [0.4, 0.5) is 11.5 Å². The molecule has 1 amide bonds. The quantitative estimate of drug-likeness (QED) is 0.859. The zero-order valence-electron chi connectivity index (χ0n) is 14.8. The van der Waals surface area contributed by atoms with Gasteiger partial charge in [-0.05, 0) is 30.5 Å². The number of hydrogen-bond acceptors (Lipinski definition) is 6. The smallest absolute Gasteiger partial charge is 0.274 e. The Hall–Kier alpha value is -2.48. The number of anilines is 2. The third-order valence-electron chi connectivity index (χ3n) is 4.62. The molecule has 138 valence electrons. The lowest BCUT2D eigenvalue weighted by Crippen LogP contribution is -2.33. The van der Waals surface area contributed by atoms with Crippen molar-refractivity contribution < 1.29 is 13.2 Å². The van der Waals surface area contributed by atoms with Crippen molar-refractivity contribution in [2.24, 2.45) is 0 Å². The average molecular weight is 374 g/mol. The van der Waals surface area contributed by atoms with Crippen LogP contribution in [0.1, 0.15) is 29.4 Å². The number of sulfone groups is 1. The highest BCUT2D eigenvalue weighted by Crippen LogP contribution is 2.21. The Morgan fingerprint density at radius 2 is 2.00 bits per heavy atom. The lowest BCUT2D eigenvalue weighted by atomic mass is 10.1. The molecule has 2 aromatic rings. The topological polar surface area (TPSA) is 92.3 Å². The van der Waals surface area contributed by atoms with Crippen molar-refractivity contribution in [1.82, 2.24) is 9.97 Å². The lowest BCUT2D eigenvalue weighted by Gasteiger charge is -2.24. The molecular formula is C18H22N4O3S. The molecule has 1 aliphatic heterocycles. The highest BCUT2D eigenvalue weighted by molar-refractivity contribution is 7.91. The maximum absolute atomic E-state index is 12.5. The summed E-state index contributed by atoms with van der Waals surface area (Å²) in [6.07, 6.45) is 2.82. The molecule has 8 heteroatoms. The SMILES string of the molecule is CCc1ccc(NC(=O)c2cc(N(C)C3CCS(=O)(=O)C3)ncn2)cc1. The van der Waals surface area contributed by atoms with Gasteiger partial charge in [-0.15, -0.1) is 0 Å². The number of aromatic nitrogens is 2. The van der Waals surface area contributed by atoms with Gasteiger partial charge < -0.3 is 10.2 Å². The van der Waals surface area contributed by atoms with E-state index in [9.17, 15) is 13.2 Å². The van der Waals surface area contributed by atoms with Crippen molar-refractivity contribution in [3.63, 3.8) is 0 Å². The Morgan fingerprint density at radius 3 is 2.62 bits per heavy atom. The van der Waals surface area contributed by atoms with Crippen LogP contribution in [-0.2, 0) is 16.3 Å². The summed E-state index contributed by atoms with van der Waals surface area (Å²) in [6.45, 7) is 2.07. The maximum atomic E-state index is 12.5. The van der Waals surface area contributed by atoms with Crippen LogP contribution in [0.15, 0.2) is 36.7 Å². The number of nitrogens with one attached hydrogen (secondary N) is 1. The fraction of sp³-hybridized carbons (Fsp3) is 0.389. The fourth-order valence-corrected chi connectivity index (χ4v) is 4.73. The highest BCUT2D eigenvalue weighted by atomic mass is 32.2. The summed E-state index contributed by atoms with van der Waals surface area (Å²) in [5, 5.41) is 2.81. The van der Waals surface area contributed by atoms with Gasteiger partial charge >= 0.3 is 0 Å². The molecule has 1 N–H and O–H groups in total. The molecule has 0 spiro atoms. The van der Waals surface area contributed by atoms with E-state index in [0.717, 1.165) is 6.42 Å². The normalized spacial score (nSPS) is 18.5. The number of rotatable bonds is 5. The first-order valence-electron chi connectivity index (χ1n) is 8.53. The van der Waals surface area contributed by atoms with Crippen LogP contribution in [0.5, 0.6) is 0 Å². The molecule has 3 rings (SSSR count). The monoisotopic (exact) mass is 374 g/mol. The standard InChI is InChI=1S/C18H22N4O3S/c1-3-13-4-6-14(7-5-13)21-18(23)16-10-17(20-12-19-16)22(2)15-8-9-26(24,25)11-15/h4-7,10,12,15H,3,8-9,11H2,1-2H3,(H,21,23). The van der Waals surface area contributed by atoms with Gasteiger partial charge in [0.05, 0.1) is 11.5 Å². The molecule has 1 aromatic carbocycles. The molecule has 0 radical (unpaired) electrons. The zero-order chi connectivity index (χ0) is 18.7. The molecule has 1 fully saturated rings. The van der Waals surface area contributed by atoms with Crippen LogP contribution in [0, 0.1) is 0 Å². The van der Waals surface area contributed by atoms with Crippen LogP contribution >= 0.6 is 0 Å². The number of benzene rings is 1. The average Bonchev–Trinajstić information content (AvgIpc) is 3.01. The molecular weight excluding hydrogens is 352 g/mol. The third kappa shape index (κ3) is 4.19. The Kier molecular flexibility index (Phi) is 5.22. The Morgan fingerprint density at radius 1 is 1.27 bits per heavy atom. The Balaban J connectivity index is 1.72. The van der Waals surface area contributed by atoms with Gasteiger partial charge in [0.15, 0.2) is 9.84 Å². The number of nitrogens with zero attached hydrogens (tertiary/aromatic N) is 3. The van der Waals surface area contributed by atoms with E-state index < -0.39 is 9.84 Å². The van der Waals surface area contributed by atoms with E-state index in [1.807, 2.05) is 24.3 Å². The first kappa shape index (κ1) is 18.3. The van der Waals surface area contributed by atoms with Gasteiger partial charge in [-0.2, -0.15) is 0 Å². The molecule has 1 aromatic heterocycles. The molecule has 1 atom stereocenters. The van der Waals surface area contributed by atoms with Gasteiger partial charge in [0.1, 0.15) is 17.8 Å². The first-order valence-corrected chi connectivity index (χ1v) is 10.4. The highest BCUT2D eigenvalue weighted by Gasteiger charge is 2.31. The van der Waals surface area contributed by atoms with Gasteiger partial charge in [-0.1, -0.05) is 19.1 Å². The largest absolute Gasteiger partial charge is 0.356 e. The van der Waals surface area contributed by atoms with Crippen molar-refractivity contribution in [3.05, 3.63) is 47.9 Å². The minimum atomic E-state index is -2.99. The summed E-state index contributed by atoms with van der Waals surface area (Å²) in [5.41, 5.74) is 2.13. The minimum absolute atomic E-state index is 0.110. The summed E-state index contributed by atoms with van der Waals surface area (Å²) >= 11 is 0. The number of hydrogen-bond donors (Lipinski definition) is 1. The van der Waals surface area contributed by atoms with E-state index in [1.54, 1.807) is 18.0 Å². The number of carbonyl (C=O) groups is 1. The summed E-state index contributed by atoms with van der Waals surface area (Å²) in [4.78, 5) is 22.5. The van der Waals surface area contributed by atoms with Crippen LogP contribution in [0.2, 0.25) is 0 Å². The lowest BCUT2D eigenvalue weighted by molar-refractivity contribution is 0.102. The number of carbonyl (C=O) groups excluding carboxylic acids is 1. The van der Waals surface area contributed by atoms with E-state index in [0.29, 0.717) is 17.9 Å². The molecule has 2 heterocycles. The van der Waals surface area contributed by atoms with Crippen LogP contribution < -0.4 is 10.2 Å². The van der Waals surface area contributed by atoms with Gasteiger partial charge in [0.2, 0.25) is 0 Å². The van der Waals surface area contributed by atoms with E-state index in [2.05, 4.69) is 22.2 Å². The predicted molar refractivity (Wildman–Crippen MR) is 101 cm³/mol. The summed E-state index contributed by atoms with van der Waals surface area (Å²) in [7, 11) is -1.20. The van der Waals surface area contributed by atoms with E-state index >= 15 is 0 Å². The molecule has 1 saturated heterocycles. The van der Waals surface area contributed by atoms with E-state index in [1.165, 1.54) is 11.9 Å². The number of aryl methyl sites for hydroxylation is 1. The molecule has 7 nitrogen and oxygen atoms in total. The number of amides is 1. The van der Waals surface area contributed by atoms with Crippen LogP contribution in [0.3, 0.4) is 0 Å². The van der Waals surface area contributed by atoms with Gasteiger partial charge in [0, 0.05) is 24.8 Å². The zero-order valence-corrected chi connectivity index (χ0v) is 15.7. The molecule has 1 unspecified atom stereocenters. The van der Waals surface area contributed by atoms with Gasteiger partial charge in [-0.25, -0.2) is 18.4 Å². The summed E-state index contributed by atoms with van der Waals surface area (Å²) in [5.74, 6) is 0.506. The molecule has 26 heavy (non-hydrogen) atoms. The maximum Gasteiger partial charge on any atom is 0.274 e. The van der Waals surface area contributed by atoms with Crippen molar-refractivity contribution in [2.75, 3.05) is 28.8 Å². The van der Waals surface area contributed by atoms with E-state index in [4.69, 9.17) is 0 Å². The predicted octanol–water partition coefficient (Wildman–Crippen LogP) is 1.91. The van der Waals surface area contributed by atoms with Gasteiger partial charge in [0.25, 0.3) is 5.91 Å². The molecule has 0 saturated carbocycles. The van der Waals surface area contributed by atoms with Gasteiger partial charge in [-0.3, -0.25) is 4.79 Å². The Bertz CT molecular complexity index is 897. The van der Waals surface area contributed by atoms with Crippen molar-refractivity contribution in [1.29, 1.82) is 0 Å². The fourth-order valence-electron chi connectivity index (χ4n) is 2.95. The minimum Gasteiger partial charge on any atom is -0.356 e. The molecule has 1 aliphatic rings. The summed E-state index contributed by atoms with van der Waals surface area (Å²) < 4.78 is 23.4. The second-order valence-corrected chi connectivity index (χ2v) is 8.66. The summed E-state index contributed by atoms with van der Waals surface area (Å²) in [6, 6.07) is 9.10. The third-order valence-corrected chi connectivity index (χ3v) is 6.37. The van der Waals surface area contributed by atoms with Crippen LogP contribution in [0.25, 0.3) is 0 Å². The second-order valence-electron chi connectivity index (χ2n) is 6.43. The first-order chi connectivity index (χ1) is 12.4. The second kappa shape index (κ2) is 7.41. The van der Waals surface area contributed by atoms with Crippen molar-refractivity contribution in [2.45, 2.75) is 25.8 Å². The molecule has 0 aliphatic carbocycles. The molecule has 0 bridgehead atoms. The van der Waals surface area contributed by atoms with Crippen molar-refractivity contribution >= 4 is 27.2 Å². The van der Waals surface area contributed by atoms with Crippen LogP contribution in [-0.4, -0.2) is 48.9 Å². The van der Waals surface area contributed by atoms with Crippen molar-refractivity contribution in [3.8, 4) is 0 Å². The van der Waals surface area contributed by atoms with E-state index in [-0.39, 0.29) is 29.1 Å². The Labute approximate surface area is 153 Å².